The van der Waals surface area contributed by atoms with Crippen LogP contribution in [0.15, 0.2) is 60.7 Å². The maximum Gasteiger partial charge on any atom is 0.322 e. The molecule has 1 aliphatic rings. The quantitative estimate of drug-likeness (QED) is 0.853. The summed E-state index contributed by atoms with van der Waals surface area (Å²) in [6.07, 6.45) is 0. The van der Waals surface area contributed by atoms with Gasteiger partial charge in [-0.05, 0) is 18.1 Å². The number of ether oxygens (including phenoxy) is 1. The number of hydrogen-bond acceptors (Lipinski definition) is 5. The fourth-order valence-corrected chi connectivity index (χ4v) is 4.99. The molecule has 1 heterocycles. The SMILES string of the molecule is CCOC(=O)[C@H]1S[C@H](c2ccccc2)[C@@H](C#N)[C@@]1(O)c1ccccc1. The van der Waals surface area contributed by atoms with Crippen molar-refractivity contribution in [3.63, 3.8) is 0 Å². The van der Waals surface area contributed by atoms with Gasteiger partial charge in [0.15, 0.2) is 0 Å². The minimum Gasteiger partial charge on any atom is -0.465 e. The number of carbonyl (C=O) groups is 1. The first kappa shape index (κ1) is 17.5. The third-order valence-electron chi connectivity index (χ3n) is 4.46. The second-order valence-corrected chi connectivity index (χ2v) is 7.15. The van der Waals surface area contributed by atoms with E-state index in [9.17, 15) is 15.2 Å². The molecule has 0 aromatic heterocycles. The first-order valence-electron chi connectivity index (χ1n) is 8.17. The van der Waals surface area contributed by atoms with Gasteiger partial charge in [-0.3, -0.25) is 4.79 Å². The predicted octanol–water partition coefficient (Wildman–Crippen LogP) is 3.43. The molecule has 0 spiro atoms. The number of rotatable bonds is 4. The highest BCUT2D eigenvalue weighted by Gasteiger charge is 2.60. The standard InChI is InChI=1S/C20H19NO3S/c1-2-24-19(22)18-20(23,15-11-7-4-8-12-15)16(13-21)17(25-18)14-9-5-3-6-10-14/h3-12,16-18,23H,2H2,1H3/t16-,17-,18-,20+/m1/s1. The van der Waals surface area contributed by atoms with Crippen LogP contribution in [0.3, 0.4) is 0 Å². The van der Waals surface area contributed by atoms with Crippen LogP contribution in [0.4, 0.5) is 0 Å². The van der Waals surface area contributed by atoms with E-state index >= 15 is 0 Å². The van der Waals surface area contributed by atoms with Crippen LogP contribution in [0, 0.1) is 17.2 Å². The number of nitriles is 1. The van der Waals surface area contributed by atoms with E-state index in [4.69, 9.17) is 4.74 Å². The average molecular weight is 353 g/mol. The van der Waals surface area contributed by atoms with E-state index in [0.29, 0.717) is 5.56 Å². The second kappa shape index (κ2) is 7.30. The maximum absolute atomic E-state index is 12.6. The minimum absolute atomic E-state index is 0.230. The Balaban J connectivity index is 2.10. The van der Waals surface area contributed by atoms with Crippen LogP contribution >= 0.6 is 11.8 Å². The summed E-state index contributed by atoms with van der Waals surface area (Å²) in [5.74, 6) is -1.26. The zero-order valence-electron chi connectivity index (χ0n) is 13.8. The molecule has 4 atom stereocenters. The van der Waals surface area contributed by atoms with Gasteiger partial charge in [-0.1, -0.05) is 60.7 Å². The smallest absolute Gasteiger partial charge is 0.322 e. The van der Waals surface area contributed by atoms with E-state index in [0.717, 1.165) is 5.56 Å². The van der Waals surface area contributed by atoms with E-state index in [-0.39, 0.29) is 11.9 Å². The van der Waals surface area contributed by atoms with Crippen LogP contribution in [-0.2, 0) is 15.1 Å². The molecule has 2 aromatic carbocycles. The van der Waals surface area contributed by atoms with E-state index in [1.54, 1.807) is 31.2 Å². The highest BCUT2D eigenvalue weighted by Crippen LogP contribution is 2.58. The monoisotopic (exact) mass is 353 g/mol. The summed E-state index contributed by atoms with van der Waals surface area (Å²) >= 11 is 1.30. The van der Waals surface area contributed by atoms with Crippen LogP contribution in [0.2, 0.25) is 0 Å². The summed E-state index contributed by atoms with van der Waals surface area (Å²) in [6, 6.07) is 20.7. The molecule has 0 amide bonds. The van der Waals surface area contributed by atoms with E-state index in [2.05, 4.69) is 6.07 Å². The molecule has 1 N–H and O–H groups in total. The summed E-state index contributed by atoms with van der Waals surface area (Å²) in [7, 11) is 0. The molecule has 2 aromatic rings. The summed E-state index contributed by atoms with van der Waals surface area (Å²) in [6.45, 7) is 1.96. The van der Waals surface area contributed by atoms with Gasteiger partial charge < -0.3 is 9.84 Å². The summed E-state index contributed by atoms with van der Waals surface area (Å²) < 4.78 is 5.19. The first-order chi connectivity index (χ1) is 12.1. The van der Waals surface area contributed by atoms with Gasteiger partial charge in [0.2, 0.25) is 0 Å². The number of aliphatic hydroxyl groups is 1. The van der Waals surface area contributed by atoms with Crippen molar-refractivity contribution in [2.24, 2.45) is 5.92 Å². The van der Waals surface area contributed by atoms with E-state index in [1.165, 1.54) is 11.8 Å². The van der Waals surface area contributed by atoms with Crippen molar-refractivity contribution in [1.82, 2.24) is 0 Å². The largest absolute Gasteiger partial charge is 0.465 e. The van der Waals surface area contributed by atoms with Gasteiger partial charge in [-0.2, -0.15) is 5.26 Å². The highest BCUT2D eigenvalue weighted by molar-refractivity contribution is 8.01. The maximum atomic E-state index is 12.6. The van der Waals surface area contributed by atoms with Crippen LogP contribution in [0.1, 0.15) is 23.3 Å². The number of thioether (sulfide) groups is 1. The normalized spacial score (nSPS) is 28.3. The van der Waals surface area contributed by atoms with Gasteiger partial charge in [0.1, 0.15) is 10.9 Å². The molecular weight excluding hydrogens is 334 g/mol. The second-order valence-electron chi connectivity index (χ2n) is 5.90. The molecule has 1 aliphatic heterocycles. The zero-order valence-corrected chi connectivity index (χ0v) is 14.6. The third-order valence-corrected chi connectivity index (χ3v) is 6.12. The van der Waals surface area contributed by atoms with Crippen LogP contribution in [0.5, 0.6) is 0 Å². The van der Waals surface area contributed by atoms with Gasteiger partial charge in [0.25, 0.3) is 0 Å². The number of hydrogen-bond donors (Lipinski definition) is 1. The Morgan fingerprint density at radius 3 is 2.36 bits per heavy atom. The number of nitrogens with zero attached hydrogens (tertiary/aromatic N) is 1. The molecule has 0 bridgehead atoms. The molecule has 1 fully saturated rings. The lowest BCUT2D eigenvalue weighted by Gasteiger charge is -2.31. The van der Waals surface area contributed by atoms with Crippen LogP contribution in [-0.4, -0.2) is 22.9 Å². The van der Waals surface area contributed by atoms with Crippen molar-refractivity contribution >= 4 is 17.7 Å². The molecule has 5 heteroatoms. The number of benzene rings is 2. The molecule has 128 valence electrons. The van der Waals surface area contributed by atoms with Gasteiger partial charge in [-0.25, -0.2) is 0 Å². The predicted molar refractivity (Wildman–Crippen MR) is 96.6 cm³/mol. The lowest BCUT2D eigenvalue weighted by atomic mass is 9.76. The van der Waals surface area contributed by atoms with Crippen molar-refractivity contribution in [3.05, 3.63) is 71.8 Å². The Bertz CT molecular complexity index is 775. The highest BCUT2D eigenvalue weighted by atomic mass is 32.2. The van der Waals surface area contributed by atoms with Gasteiger partial charge in [-0.15, -0.1) is 11.8 Å². The number of carbonyl (C=O) groups excluding carboxylic acids is 1. The molecule has 0 radical (unpaired) electrons. The van der Waals surface area contributed by atoms with Crippen LogP contribution in [0.25, 0.3) is 0 Å². The Morgan fingerprint density at radius 2 is 1.80 bits per heavy atom. The Morgan fingerprint density at radius 1 is 1.20 bits per heavy atom. The van der Waals surface area contributed by atoms with Crippen LogP contribution < -0.4 is 0 Å². The third kappa shape index (κ3) is 3.04. The minimum atomic E-state index is -1.60. The molecule has 25 heavy (non-hydrogen) atoms. The molecular formula is C20H19NO3S. The van der Waals surface area contributed by atoms with Gasteiger partial charge in [0, 0.05) is 5.25 Å². The molecule has 0 saturated carbocycles. The Kier molecular flexibility index (Phi) is 5.12. The van der Waals surface area contributed by atoms with E-state index < -0.39 is 22.7 Å². The molecule has 0 aliphatic carbocycles. The van der Waals surface area contributed by atoms with Crippen molar-refractivity contribution < 1.29 is 14.6 Å². The van der Waals surface area contributed by atoms with Crippen molar-refractivity contribution in [3.8, 4) is 6.07 Å². The average Bonchev–Trinajstić information content (AvgIpc) is 2.97. The zero-order chi connectivity index (χ0) is 17.9. The van der Waals surface area contributed by atoms with Crippen molar-refractivity contribution in [2.75, 3.05) is 6.61 Å². The van der Waals surface area contributed by atoms with Crippen molar-refractivity contribution in [2.45, 2.75) is 23.0 Å². The Labute approximate surface area is 151 Å². The van der Waals surface area contributed by atoms with Gasteiger partial charge in [0.05, 0.1) is 18.6 Å². The summed E-state index contributed by atoms with van der Waals surface area (Å²) in [5, 5.41) is 20.2. The lowest BCUT2D eigenvalue weighted by Crippen LogP contribution is -2.44. The summed E-state index contributed by atoms with van der Waals surface area (Å²) in [4.78, 5) is 12.6. The number of esters is 1. The molecule has 0 unspecified atom stereocenters. The first-order valence-corrected chi connectivity index (χ1v) is 9.11. The van der Waals surface area contributed by atoms with Gasteiger partial charge >= 0.3 is 5.97 Å². The lowest BCUT2D eigenvalue weighted by molar-refractivity contribution is -0.148. The molecule has 1 saturated heterocycles. The van der Waals surface area contributed by atoms with E-state index in [1.807, 2.05) is 36.4 Å². The Hall–Kier alpha value is -2.29. The molecule has 4 nitrogen and oxygen atoms in total. The van der Waals surface area contributed by atoms with Crippen molar-refractivity contribution in [1.29, 1.82) is 5.26 Å². The summed E-state index contributed by atoms with van der Waals surface area (Å²) in [5.41, 5.74) is -0.126. The fraction of sp³-hybridized carbons (Fsp3) is 0.300. The topological polar surface area (TPSA) is 70.3 Å². The fourth-order valence-electron chi connectivity index (χ4n) is 3.29. The molecule has 3 rings (SSSR count).